The lowest BCUT2D eigenvalue weighted by Gasteiger charge is -2.20. The van der Waals surface area contributed by atoms with Crippen molar-refractivity contribution in [3.05, 3.63) is 35.4 Å². The molecule has 0 unspecified atom stereocenters. The van der Waals surface area contributed by atoms with Gasteiger partial charge in [-0.25, -0.2) is 8.78 Å². The summed E-state index contributed by atoms with van der Waals surface area (Å²) in [5.41, 5.74) is 5.98. The molecule has 0 heterocycles. The Labute approximate surface area is 88.3 Å². The van der Waals surface area contributed by atoms with E-state index in [4.69, 9.17) is 5.73 Å². The van der Waals surface area contributed by atoms with Gasteiger partial charge < -0.3 is 5.73 Å². The molecule has 0 aliphatic heterocycles. The Morgan fingerprint density at radius 1 is 1.13 bits per heavy atom. The predicted molar refractivity (Wildman–Crippen MR) is 55.2 cm³/mol. The van der Waals surface area contributed by atoms with E-state index in [0.29, 0.717) is 0 Å². The highest BCUT2D eigenvalue weighted by Gasteiger charge is 2.27. The van der Waals surface area contributed by atoms with Gasteiger partial charge in [0.05, 0.1) is 0 Å². The Morgan fingerprint density at radius 2 is 1.67 bits per heavy atom. The second-order valence-corrected chi connectivity index (χ2v) is 4.21. The molecule has 0 radical (unpaired) electrons. The van der Waals surface area contributed by atoms with Crippen molar-refractivity contribution in [3.8, 4) is 0 Å². The van der Waals surface area contributed by atoms with E-state index in [0.717, 1.165) is 25.7 Å². The maximum absolute atomic E-state index is 13.4. The molecule has 0 saturated heterocycles. The summed E-state index contributed by atoms with van der Waals surface area (Å²) in [6.45, 7) is 0. The van der Waals surface area contributed by atoms with E-state index < -0.39 is 17.7 Å². The van der Waals surface area contributed by atoms with Gasteiger partial charge in [0.1, 0.15) is 11.6 Å². The summed E-state index contributed by atoms with van der Waals surface area (Å²) in [7, 11) is 0. The highest BCUT2D eigenvalue weighted by molar-refractivity contribution is 5.23. The van der Waals surface area contributed by atoms with Crippen LogP contribution in [0, 0.1) is 17.6 Å². The molecule has 1 nitrogen and oxygen atoms in total. The Kier molecular flexibility index (Phi) is 3.00. The molecular weight excluding hydrogens is 196 g/mol. The average Bonchev–Trinajstić information content (AvgIpc) is 2.69. The summed E-state index contributed by atoms with van der Waals surface area (Å²) < 4.78 is 26.9. The fraction of sp³-hybridized carbons (Fsp3) is 0.500. The van der Waals surface area contributed by atoms with E-state index in [-0.39, 0.29) is 11.5 Å². The molecule has 1 atom stereocenters. The minimum absolute atomic E-state index is 0.0596. The molecule has 0 bridgehead atoms. The van der Waals surface area contributed by atoms with Crippen LogP contribution >= 0.6 is 0 Å². The van der Waals surface area contributed by atoms with Crippen LogP contribution in [0.4, 0.5) is 8.78 Å². The van der Waals surface area contributed by atoms with Gasteiger partial charge in [0.25, 0.3) is 0 Å². The summed E-state index contributed by atoms with van der Waals surface area (Å²) in [6.07, 6.45) is 4.20. The second kappa shape index (κ2) is 4.27. The quantitative estimate of drug-likeness (QED) is 0.799. The van der Waals surface area contributed by atoms with Gasteiger partial charge in [-0.05, 0) is 30.9 Å². The Hall–Kier alpha value is -0.960. The minimum Gasteiger partial charge on any atom is -0.324 e. The first-order chi connectivity index (χ1) is 7.20. The van der Waals surface area contributed by atoms with Crippen molar-refractivity contribution in [2.75, 3.05) is 0 Å². The molecule has 3 heteroatoms. The van der Waals surface area contributed by atoms with E-state index in [1.165, 1.54) is 18.2 Å². The molecular formula is C12H15F2N. The molecule has 0 amide bonds. The van der Waals surface area contributed by atoms with Crippen molar-refractivity contribution in [2.24, 2.45) is 11.7 Å². The van der Waals surface area contributed by atoms with Gasteiger partial charge in [0.15, 0.2) is 0 Å². The van der Waals surface area contributed by atoms with Crippen LogP contribution in [0.5, 0.6) is 0 Å². The number of hydrogen-bond acceptors (Lipinski definition) is 1. The molecule has 1 aromatic rings. The normalized spacial score (nSPS) is 19.4. The van der Waals surface area contributed by atoms with Crippen LogP contribution in [0.15, 0.2) is 18.2 Å². The maximum Gasteiger partial charge on any atom is 0.130 e. The number of rotatable bonds is 2. The Balaban J connectivity index is 2.27. The molecule has 1 saturated carbocycles. The molecule has 1 aliphatic rings. The van der Waals surface area contributed by atoms with E-state index in [1.807, 2.05) is 0 Å². The van der Waals surface area contributed by atoms with Gasteiger partial charge in [-0.2, -0.15) is 0 Å². The van der Waals surface area contributed by atoms with Crippen molar-refractivity contribution in [3.63, 3.8) is 0 Å². The van der Waals surface area contributed by atoms with E-state index in [2.05, 4.69) is 0 Å². The highest BCUT2D eigenvalue weighted by atomic mass is 19.1. The second-order valence-electron chi connectivity index (χ2n) is 4.21. The van der Waals surface area contributed by atoms with E-state index >= 15 is 0 Å². The first-order valence-corrected chi connectivity index (χ1v) is 5.39. The van der Waals surface area contributed by atoms with Crippen LogP contribution in [0.25, 0.3) is 0 Å². The summed E-state index contributed by atoms with van der Waals surface area (Å²) in [4.78, 5) is 0. The van der Waals surface area contributed by atoms with Crippen LogP contribution in [-0.2, 0) is 0 Å². The minimum atomic E-state index is -0.519. The number of hydrogen-bond donors (Lipinski definition) is 1. The van der Waals surface area contributed by atoms with Gasteiger partial charge in [-0.1, -0.05) is 18.9 Å². The topological polar surface area (TPSA) is 26.0 Å². The lowest BCUT2D eigenvalue weighted by atomic mass is 9.92. The predicted octanol–water partition coefficient (Wildman–Crippen LogP) is 3.15. The summed E-state index contributed by atoms with van der Waals surface area (Å²) in [6, 6.07) is 3.42. The number of benzene rings is 1. The Bertz CT molecular complexity index is 325. The number of nitrogens with two attached hydrogens (primary N) is 1. The highest BCUT2D eigenvalue weighted by Crippen LogP contribution is 2.35. The fourth-order valence-electron chi connectivity index (χ4n) is 2.38. The molecule has 1 fully saturated rings. The first-order valence-electron chi connectivity index (χ1n) is 5.39. The van der Waals surface area contributed by atoms with Gasteiger partial charge in [-0.3, -0.25) is 0 Å². The fourth-order valence-corrected chi connectivity index (χ4v) is 2.38. The third-order valence-electron chi connectivity index (χ3n) is 3.24. The van der Waals surface area contributed by atoms with Crippen LogP contribution in [0.1, 0.15) is 37.3 Å². The maximum atomic E-state index is 13.4. The van der Waals surface area contributed by atoms with Gasteiger partial charge in [0.2, 0.25) is 0 Å². The lowest BCUT2D eigenvalue weighted by molar-refractivity contribution is 0.410. The summed E-state index contributed by atoms with van der Waals surface area (Å²) in [5.74, 6) is -0.805. The van der Waals surface area contributed by atoms with Crippen LogP contribution in [0.3, 0.4) is 0 Å². The lowest BCUT2D eigenvalue weighted by Crippen LogP contribution is -2.21. The zero-order chi connectivity index (χ0) is 10.8. The van der Waals surface area contributed by atoms with Crippen LogP contribution in [-0.4, -0.2) is 0 Å². The summed E-state index contributed by atoms with van der Waals surface area (Å²) >= 11 is 0. The van der Waals surface area contributed by atoms with Crippen LogP contribution in [0.2, 0.25) is 0 Å². The first kappa shape index (κ1) is 10.6. The zero-order valence-electron chi connectivity index (χ0n) is 8.55. The monoisotopic (exact) mass is 211 g/mol. The average molecular weight is 211 g/mol. The van der Waals surface area contributed by atoms with E-state index in [9.17, 15) is 8.78 Å². The SMILES string of the molecule is N[C@@H](c1c(F)cccc1F)C1CCCC1. The van der Waals surface area contributed by atoms with Crippen molar-refractivity contribution in [1.29, 1.82) is 0 Å². The molecule has 82 valence electrons. The van der Waals surface area contributed by atoms with Crippen molar-refractivity contribution in [2.45, 2.75) is 31.7 Å². The van der Waals surface area contributed by atoms with Gasteiger partial charge in [0, 0.05) is 11.6 Å². The standard InChI is InChI=1S/C12H15F2N/c13-9-6-3-7-10(14)11(9)12(15)8-4-1-2-5-8/h3,6-8,12H,1-2,4-5,15H2/t12-/m1/s1. The molecule has 0 spiro atoms. The van der Waals surface area contributed by atoms with Gasteiger partial charge in [-0.15, -0.1) is 0 Å². The summed E-state index contributed by atoms with van der Waals surface area (Å²) in [5, 5.41) is 0. The smallest absolute Gasteiger partial charge is 0.130 e. The third kappa shape index (κ3) is 2.02. The molecule has 0 aromatic heterocycles. The zero-order valence-corrected chi connectivity index (χ0v) is 8.55. The van der Waals surface area contributed by atoms with Crippen molar-refractivity contribution >= 4 is 0 Å². The van der Waals surface area contributed by atoms with Gasteiger partial charge >= 0.3 is 0 Å². The Morgan fingerprint density at radius 3 is 2.20 bits per heavy atom. The van der Waals surface area contributed by atoms with Crippen molar-refractivity contribution < 1.29 is 8.78 Å². The molecule has 2 N–H and O–H groups in total. The van der Waals surface area contributed by atoms with Crippen molar-refractivity contribution in [1.82, 2.24) is 0 Å². The van der Waals surface area contributed by atoms with Crippen LogP contribution < -0.4 is 5.73 Å². The molecule has 1 aromatic carbocycles. The largest absolute Gasteiger partial charge is 0.324 e. The molecule has 1 aliphatic carbocycles. The molecule has 2 rings (SSSR count). The molecule has 15 heavy (non-hydrogen) atoms. The third-order valence-corrected chi connectivity index (χ3v) is 3.24. The number of halogens is 2. The van der Waals surface area contributed by atoms with E-state index in [1.54, 1.807) is 0 Å².